The number of allylic oxidation sites excluding steroid dienone is 4. The van der Waals surface area contributed by atoms with Crippen molar-refractivity contribution in [3.8, 4) is 0 Å². The molecule has 0 aromatic heterocycles. The lowest BCUT2D eigenvalue weighted by Crippen LogP contribution is -2.66. The first-order valence-electron chi connectivity index (χ1n) is 9.25. The van der Waals surface area contributed by atoms with Crippen LogP contribution in [-0.2, 0) is 0 Å². The molecule has 28 heteroatoms. The summed E-state index contributed by atoms with van der Waals surface area (Å²) in [4.78, 5) is 0. The molecule has 262 valence electrons. The standard InChI is InChI=1S/C16H2F28/c17-5(8(20,15(39,40)41)16(42,43)44)3(10(24,25)26)1-2(9(21,22)23)4(6(18,11(27,28)29)12(30,31)32)7(19,13(33,34)35)14(36,37)38/h1H2/b5-3+. The maximum atomic E-state index is 14.5. The molecule has 0 radical (unpaired) electrons. The molecule has 0 aliphatic heterocycles. The summed E-state index contributed by atoms with van der Waals surface area (Å²) in [7, 11) is 0. The van der Waals surface area contributed by atoms with Crippen molar-refractivity contribution >= 4 is 0 Å². The molecule has 0 aliphatic rings. The predicted molar refractivity (Wildman–Crippen MR) is 79.7 cm³/mol. The molecule has 44 heavy (non-hydrogen) atoms. The van der Waals surface area contributed by atoms with E-state index < -0.39 is 95.4 Å². The molecule has 0 heterocycles. The number of hydrogen-bond acceptors (Lipinski definition) is 0. The Balaban J connectivity index is 9.29. The topological polar surface area (TPSA) is 0 Å². The average molecular weight is 726 g/mol. The Bertz CT molecular complexity index is 1010. The molecule has 0 aliphatic carbocycles. The van der Waals surface area contributed by atoms with E-state index in [4.69, 9.17) is 0 Å². The van der Waals surface area contributed by atoms with Crippen LogP contribution in [0.25, 0.3) is 0 Å². The van der Waals surface area contributed by atoms with Gasteiger partial charge in [-0.05, 0) is 0 Å². The fourth-order valence-corrected chi connectivity index (χ4v) is 2.97. The maximum Gasteiger partial charge on any atom is 0.438 e. The quantitative estimate of drug-likeness (QED) is 0.196. The number of alkyl halides is 27. The van der Waals surface area contributed by atoms with Gasteiger partial charge in [0.1, 0.15) is 0 Å². The smallest absolute Gasteiger partial charge is 0.218 e. The van der Waals surface area contributed by atoms with Crippen LogP contribution < -0.4 is 0 Å². The van der Waals surface area contributed by atoms with Gasteiger partial charge < -0.3 is 0 Å². The van der Waals surface area contributed by atoms with E-state index in [2.05, 4.69) is 0 Å². The van der Waals surface area contributed by atoms with Crippen molar-refractivity contribution in [1.82, 2.24) is 0 Å². The Morgan fingerprint density at radius 2 is 0.500 bits per heavy atom. The van der Waals surface area contributed by atoms with Gasteiger partial charge in [-0.25, -0.2) is 17.6 Å². The molecule has 0 nitrogen and oxygen atoms in total. The number of rotatable bonds is 5. The van der Waals surface area contributed by atoms with E-state index in [0.717, 1.165) is 0 Å². The summed E-state index contributed by atoms with van der Waals surface area (Å²) in [6.07, 6.45) is -73.2. The van der Waals surface area contributed by atoms with Gasteiger partial charge in [0.05, 0.1) is 5.57 Å². The molecular weight excluding hydrogens is 724 g/mol. The van der Waals surface area contributed by atoms with Gasteiger partial charge in [0, 0.05) is 17.6 Å². The highest BCUT2D eigenvalue weighted by Crippen LogP contribution is 2.64. The van der Waals surface area contributed by atoms with Crippen molar-refractivity contribution in [1.29, 1.82) is 0 Å². The summed E-state index contributed by atoms with van der Waals surface area (Å²) in [6.45, 7) is 0. The summed E-state index contributed by atoms with van der Waals surface area (Å²) in [5.74, 6) is -5.82. The van der Waals surface area contributed by atoms with Crippen LogP contribution in [0.3, 0.4) is 0 Å². The third-order valence-electron chi connectivity index (χ3n) is 4.94. The third-order valence-corrected chi connectivity index (χ3v) is 4.94. The molecule has 0 amide bonds. The van der Waals surface area contributed by atoms with Crippen LogP contribution in [-0.4, -0.2) is 66.4 Å². The lowest BCUT2D eigenvalue weighted by Gasteiger charge is -2.42. The van der Waals surface area contributed by atoms with E-state index in [1.165, 1.54) is 0 Å². The first-order chi connectivity index (χ1) is 18.5. The van der Waals surface area contributed by atoms with E-state index in [0.29, 0.717) is 0 Å². The van der Waals surface area contributed by atoms with Crippen LogP contribution in [0.1, 0.15) is 6.42 Å². The molecule has 0 aromatic rings. The van der Waals surface area contributed by atoms with Crippen molar-refractivity contribution in [3.05, 3.63) is 22.5 Å². The van der Waals surface area contributed by atoms with Crippen LogP contribution in [0, 0.1) is 0 Å². The van der Waals surface area contributed by atoms with Crippen molar-refractivity contribution < 1.29 is 123 Å². The lowest BCUT2D eigenvalue weighted by atomic mass is 9.75. The number of hydrogen-bond donors (Lipinski definition) is 0. The van der Waals surface area contributed by atoms with Crippen molar-refractivity contribution in [3.63, 3.8) is 0 Å². The van der Waals surface area contributed by atoms with Crippen LogP contribution in [0.2, 0.25) is 0 Å². The highest BCUT2D eigenvalue weighted by Gasteiger charge is 2.87. The minimum atomic E-state index is -9.14. The van der Waals surface area contributed by atoms with Gasteiger partial charge in [-0.3, -0.25) is 0 Å². The zero-order chi connectivity index (χ0) is 36.5. The summed E-state index contributed by atoms with van der Waals surface area (Å²) in [5, 5.41) is 0. The van der Waals surface area contributed by atoms with E-state index in [-0.39, 0.29) is 0 Å². The van der Waals surface area contributed by atoms with E-state index in [1.54, 1.807) is 0 Å². The van der Waals surface area contributed by atoms with Crippen molar-refractivity contribution in [2.45, 2.75) is 72.8 Å². The maximum absolute atomic E-state index is 14.5. The highest BCUT2D eigenvalue weighted by molar-refractivity contribution is 5.45. The Morgan fingerprint density at radius 1 is 0.295 bits per heavy atom. The van der Waals surface area contributed by atoms with E-state index in [9.17, 15) is 123 Å². The Kier molecular flexibility index (Phi) is 10.2. The molecular formula is C16H2F28. The molecule has 0 atom stereocenters. The van der Waals surface area contributed by atoms with Crippen molar-refractivity contribution in [2.24, 2.45) is 0 Å². The van der Waals surface area contributed by atoms with Gasteiger partial charge in [0.25, 0.3) is 0 Å². The van der Waals surface area contributed by atoms with Gasteiger partial charge in [0.15, 0.2) is 5.83 Å². The molecule has 0 fully saturated rings. The third kappa shape index (κ3) is 6.70. The zero-order valence-electron chi connectivity index (χ0n) is 18.8. The van der Waals surface area contributed by atoms with Crippen LogP contribution in [0.15, 0.2) is 22.5 Å². The van der Waals surface area contributed by atoms with Crippen molar-refractivity contribution in [2.75, 3.05) is 0 Å². The second-order valence-corrected chi connectivity index (χ2v) is 7.78. The first-order valence-corrected chi connectivity index (χ1v) is 9.25. The molecule has 0 saturated carbocycles. The van der Waals surface area contributed by atoms with Gasteiger partial charge in [-0.15, -0.1) is 0 Å². The van der Waals surface area contributed by atoms with Gasteiger partial charge in [0.2, 0.25) is 0 Å². The molecule has 0 unspecified atom stereocenters. The number of halogens is 28. The first kappa shape index (κ1) is 41.5. The van der Waals surface area contributed by atoms with Crippen LogP contribution >= 0.6 is 0 Å². The van der Waals surface area contributed by atoms with Crippen LogP contribution in [0.4, 0.5) is 123 Å². The average Bonchev–Trinajstić information content (AvgIpc) is 2.67. The minimum absolute atomic E-state index is 5.33. The predicted octanol–water partition coefficient (Wildman–Crippen LogP) is 10.5. The van der Waals surface area contributed by atoms with Crippen LogP contribution in [0.5, 0.6) is 0 Å². The fourth-order valence-electron chi connectivity index (χ4n) is 2.97. The SMILES string of the molecule is F/C(=C(\CC(=C(C(F)(C(F)(F)F)C(F)(F)F)C(F)(C(F)(F)F)C(F)(F)F)C(F)(F)F)C(F)(F)F)C(F)(C(F)(F)F)C(F)(F)F. The monoisotopic (exact) mass is 726 g/mol. The Hall–Kier alpha value is -2.48. The molecule has 0 bridgehead atoms. The zero-order valence-corrected chi connectivity index (χ0v) is 18.8. The molecule has 0 saturated heterocycles. The molecule has 0 rings (SSSR count). The van der Waals surface area contributed by atoms with Gasteiger partial charge in [-0.1, -0.05) is 0 Å². The molecule has 0 spiro atoms. The second kappa shape index (κ2) is 10.8. The Labute approximate surface area is 219 Å². The normalized spacial score (nSPS) is 16.6. The summed E-state index contributed by atoms with van der Waals surface area (Å²) in [6, 6.07) is 0. The lowest BCUT2D eigenvalue weighted by molar-refractivity contribution is -0.365. The molecule has 0 aromatic carbocycles. The Morgan fingerprint density at radius 3 is 0.659 bits per heavy atom. The van der Waals surface area contributed by atoms with E-state index >= 15 is 0 Å². The van der Waals surface area contributed by atoms with Gasteiger partial charge in [-0.2, -0.15) is 105 Å². The fraction of sp³-hybridized carbons (Fsp3) is 0.750. The van der Waals surface area contributed by atoms with Gasteiger partial charge >= 0.3 is 66.4 Å². The molecule has 0 N–H and O–H groups in total. The second-order valence-electron chi connectivity index (χ2n) is 7.78. The highest BCUT2D eigenvalue weighted by atomic mass is 19.5. The summed E-state index contributed by atoms with van der Waals surface area (Å²) in [5.41, 5.74) is -44.4. The van der Waals surface area contributed by atoms with E-state index in [1.807, 2.05) is 0 Å². The summed E-state index contributed by atoms with van der Waals surface area (Å²) < 4.78 is 369. The minimum Gasteiger partial charge on any atom is -0.218 e. The summed E-state index contributed by atoms with van der Waals surface area (Å²) >= 11 is 0. The largest absolute Gasteiger partial charge is 0.438 e.